The van der Waals surface area contributed by atoms with Crippen LogP contribution in [-0.2, 0) is 14.8 Å². The lowest BCUT2D eigenvalue weighted by molar-refractivity contribution is 0.120. The van der Waals surface area contributed by atoms with Crippen molar-refractivity contribution >= 4 is 26.9 Å². The minimum absolute atomic E-state index is 0.156. The summed E-state index contributed by atoms with van der Waals surface area (Å²) in [6, 6.07) is 16.5. The number of anilines is 1. The minimum Gasteiger partial charge on any atom is -0.437 e. The van der Waals surface area contributed by atoms with Crippen LogP contribution in [0.4, 0.5) is 5.82 Å². The molecule has 0 aliphatic carbocycles. The Hall–Kier alpha value is -3.27. The second kappa shape index (κ2) is 8.93. The maximum absolute atomic E-state index is 12.1. The molecule has 0 spiro atoms. The van der Waals surface area contributed by atoms with Crippen LogP contribution in [0.2, 0.25) is 0 Å². The Kier molecular flexibility index (Phi) is 5.84. The van der Waals surface area contributed by atoms with Crippen LogP contribution >= 0.6 is 0 Å². The van der Waals surface area contributed by atoms with Gasteiger partial charge in [-0.2, -0.15) is 0 Å². The monoisotopic (exact) mass is 464 g/mol. The van der Waals surface area contributed by atoms with E-state index in [-0.39, 0.29) is 11.0 Å². The molecule has 1 fully saturated rings. The van der Waals surface area contributed by atoms with Crippen LogP contribution in [0.5, 0.6) is 0 Å². The number of sulfonamides is 1. The van der Waals surface area contributed by atoms with E-state index in [0.717, 1.165) is 41.5 Å². The molecule has 4 aromatic rings. The molecule has 2 N–H and O–H groups in total. The third-order valence-electron chi connectivity index (χ3n) is 5.77. The van der Waals surface area contributed by atoms with E-state index >= 15 is 0 Å². The Morgan fingerprint density at radius 1 is 1.03 bits per heavy atom. The predicted molar refractivity (Wildman–Crippen MR) is 126 cm³/mol. The summed E-state index contributed by atoms with van der Waals surface area (Å²) in [5.74, 6) is 1.28. The number of rotatable bonds is 7. The molecule has 8 nitrogen and oxygen atoms in total. The zero-order valence-corrected chi connectivity index (χ0v) is 18.9. The largest absolute Gasteiger partial charge is 0.437 e. The van der Waals surface area contributed by atoms with Crippen LogP contribution in [0.25, 0.3) is 33.6 Å². The van der Waals surface area contributed by atoms with Crippen molar-refractivity contribution in [2.45, 2.75) is 23.8 Å². The molecule has 33 heavy (non-hydrogen) atoms. The summed E-state index contributed by atoms with van der Waals surface area (Å²) in [5, 5.41) is 4.20. The number of hydrogen-bond donors (Lipinski definition) is 2. The van der Waals surface area contributed by atoms with Crippen molar-refractivity contribution < 1.29 is 17.6 Å². The molecule has 2 aromatic carbocycles. The van der Waals surface area contributed by atoms with Crippen molar-refractivity contribution in [2.75, 3.05) is 25.5 Å². The highest BCUT2D eigenvalue weighted by Gasteiger charge is 2.23. The second-order valence-corrected chi connectivity index (χ2v) is 9.71. The van der Waals surface area contributed by atoms with Gasteiger partial charge in [-0.15, -0.1) is 0 Å². The smallest absolute Gasteiger partial charge is 0.240 e. The molecular formula is C24H24N4O4S. The van der Waals surface area contributed by atoms with E-state index in [4.69, 9.17) is 9.15 Å². The highest BCUT2D eigenvalue weighted by Crippen LogP contribution is 2.42. The summed E-state index contributed by atoms with van der Waals surface area (Å²) in [4.78, 5) is 9.05. The topological polar surface area (TPSA) is 106 Å². The highest BCUT2D eigenvalue weighted by molar-refractivity contribution is 7.89. The Balaban J connectivity index is 1.63. The van der Waals surface area contributed by atoms with Gasteiger partial charge in [0.25, 0.3) is 0 Å². The van der Waals surface area contributed by atoms with Gasteiger partial charge in [0.1, 0.15) is 17.9 Å². The summed E-state index contributed by atoms with van der Waals surface area (Å²) < 4.78 is 38.6. The Labute approximate surface area is 192 Å². The van der Waals surface area contributed by atoms with Gasteiger partial charge >= 0.3 is 0 Å². The average Bonchev–Trinajstić information content (AvgIpc) is 3.51. The Bertz CT molecular complexity index is 1360. The van der Waals surface area contributed by atoms with Crippen molar-refractivity contribution in [2.24, 2.45) is 0 Å². The van der Waals surface area contributed by atoms with Crippen molar-refractivity contribution in [3.8, 4) is 22.5 Å². The van der Waals surface area contributed by atoms with Crippen molar-refractivity contribution in [1.82, 2.24) is 14.7 Å². The fourth-order valence-electron chi connectivity index (χ4n) is 4.07. The lowest BCUT2D eigenvalue weighted by Crippen LogP contribution is -2.19. The first-order valence-electron chi connectivity index (χ1n) is 10.8. The van der Waals surface area contributed by atoms with Crippen LogP contribution in [0.3, 0.4) is 0 Å². The Morgan fingerprint density at radius 3 is 2.52 bits per heavy atom. The van der Waals surface area contributed by atoms with Gasteiger partial charge in [-0.05, 0) is 49.7 Å². The third-order valence-corrected chi connectivity index (χ3v) is 7.20. The second-order valence-electron chi connectivity index (χ2n) is 7.82. The summed E-state index contributed by atoms with van der Waals surface area (Å²) in [5.41, 5.74) is 3.01. The van der Waals surface area contributed by atoms with E-state index in [1.54, 1.807) is 24.3 Å². The zero-order valence-electron chi connectivity index (χ0n) is 18.1. The molecule has 0 amide bonds. The quantitative estimate of drug-likeness (QED) is 0.425. The van der Waals surface area contributed by atoms with E-state index in [1.807, 2.05) is 30.3 Å². The molecule has 0 radical (unpaired) electrons. The summed E-state index contributed by atoms with van der Waals surface area (Å²) in [6.45, 7) is 1.44. The predicted octanol–water partition coefficient (Wildman–Crippen LogP) is 4.06. The maximum Gasteiger partial charge on any atom is 0.240 e. The van der Waals surface area contributed by atoms with Crippen molar-refractivity contribution in [3.05, 3.63) is 60.9 Å². The normalized spacial score (nSPS) is 16.3. The van der Waals surface area contributed by atoms with Crippen LogP contribution in [-0.4, -0.2) is 44.7 Å². The molecule has 2 aromatic heterocycles. The van der Waals surface area contributed by atoms with E-state index in [1.165, 1.54) is 13.4 Å². The van der Waals surface area contributed by atoms with E-state index in [0.29, 0.717) is 23.8 Å². The molecule has 5 rings (SSSR count). The number of hydrogen-bond acceptors (Lipinski definition) is 7. The van der Waals surface area contributed by atoms with Gasteiger partial charge < -0.3 is 14.5 Å². The number of aromatic nitrogens is 2. The SMILES string of the molecule is CNS(=O)(=O)c1ccc(-c2oc3ncnc(NCC4CCCO4)c3c2-c2ccccc2)cc1. The van der Waals surface area contributed by atoms with Crippen molar-refractivity contribution in [3.63, 3.8) is 0 Å². The lowest BCUT2D eigenvalue weighted by atomic mass is 9.99. The minimum atomic E-state index is -3.53. The standard InChI is InChI=1S/C24H24N4O4S/c1-25-33(29,30)19-11-9-17(10-12-19)22-20(16-6-3-2-4-7-16)21-23(27-15-28-24(21)32-22)26-14-18-8-5-13-31-18/h2-4,6-7,9-12,15,18,25H,5,8,13-14H2,1H3,(H,26,27,28). The molecule has 3 heterocycles. The fourth-order valence-corrected chi connectivity index (χ4v) is 4.80. The number of benzene rings is 2. The third kappa shape index (κ3) is 4.22. The van der Waals surface area contributed by atoms with Crippen LogP contribution in [0, 0.1) is 0 Å². The van der Waals surface area contributed by atoms with Gasteiger partial charge in [0.2, 0.25) is 15.7 Å². The highest BCUT2D eigenvalue weighted by atomic mass is 32.2. The molecule has 0 bridgehead atoms. The van der Waals surface area contributed by atoms with E-state index in [9.17, 15) is 8.42 Å². The molecule has 1 saturated heterocycles. The van der Waals surface area contributed by atoms with Gasteiger partial charge in [0.15, 0.2) is 0 Å². The summed E-state index contributed by atoms with van der Waals surface area (Å²) >= 11 is 0. The van der Waals surface area contributed by atoms with E-state index in [2.05, 4.69) is 20.0 Å². The molecule has 1 aliphatic rings. The molecular weight excluding hydrogens is 440 g/mol. The first-order chi connectivity index (χ1) is 16.1. The molecule has 0 saturated carbocycles. The number of fused-ring (bicyclic) bond motifs is 1. The molecule has 1 atom stereocenters. The zero-order chi connectivity index (χ0) is 22.8. The molecule has 170 valence electrons. The maximum atomic E-state index is 12.1. The first kappa shape index (κ1) is 21.6. The summed E-state index contributed by atoms with van der Waals surface area (Å²) in [6.07, 6.45) is 3.72. The van der Waals surface area contributed by atoms with Crippen molar-refractivity contribution in [1.29, 1.82) is 0 Å². The van der Waals surface area contributed by atoms with E-state index < -0.39 is 10.0 Å². The van der Waals surface area contributed by atoms with Gasteiger partial charge in [-0.25, -0.2) is 23.1 Å². The Morgan fingerprint density at radius 2 is 1.82 bits per heavy atom. The molecule has 9 heteroatoms. The fraction of sp³-hybridized carbons (Fsp3) is 0.250. The van der Waals surface area contributed by atoms with Gasteiger partial charge in [-0.3, -0.25) is 0 Å². The first-order valence-corrected chi connectivity index (χ1v) is 12.3. The summed E-state index contributed by atoms with van der Waals surface area (Å²) in [7, 11) is -2.14. The number of nitrogens with zero attached hydrogens (tertiary/aromatic N) is 2. The molecule has 1 unspecified atom stereocenters. The van der Waals surface area contributed by atoms with Gasteiger partial charge in [0.05, 0.1) is 16.4 Å². The number of nitrogens with one attached hydrogen (secondary N) is 2. The van der Waals surface area contributed by atoms with Gasteiger partial charge in [-0.1, -0.05) is 30.3 Å². The van der Waals surface area contributed by atoms with Crippen LogP contribution in [0.15, 0.2) is 70.2 Å². The van der Waals surface area contributed by atoms with Gasteiger partial charge in [0, 0.05) is 24.3 Å². The van der Waals surface area contributed by atoms with Crippen LogP contribution in [0.1, 0.15) is 12.8 Å². The molecule has 1 aliphatic heterocycles. The average molecular weight is 465 g/mol. The van der Waals surface area contributed by atoms with Crippen LogP contribution < -0.4 is 10.0 Å². The number of furan rings is 1. The number of ether oxygens (including phenoxy) is 1. The lowest BCUT2D eigenvalue weighted by Gasteiger charge is -2.12.